The average molecular weight is 610 g/mol. The van der Waals surface area contributed by atoms with Crippen molar-refractivity contribution in [2.45, 2.75) is 52.7 Å². The van der Waals surface area contributed by atoms with Crippen molar-refractivity contribution in [3.8, 4) is 17.6 Å². The van der Waals surface area contributed by atoms with E-state index in [2.05, 4.69) is 27.8 Å². The van der Waals surface area contributed by atoms with Gasteiger partial charge >= 0.3 is 12.1 Å². The third-order valence-electron chi connectivity index (χ3n) is 6.26. The normalized spacial score (nSPS) is 15.1. The number of likely N-dealkylation sites (N-methyl/N-ethyl adjacent to an activating group) is 1. The van der Waals surface area contributed by atoms with Gasteiger partial charge in [-0.25, -0.2) is 18.4 Å². The Bertz CT molecular complexity index is 1520. The zero-order chi connectivity index (χ0) is 32.7. The molecule has 0 radical (unpaired) electrons. The van der Waals surface area contributed by atoms with E-state index in [4.69, 9.17) is 14.9 Å². The fourth-order valence-electron chi connectivity index (χ4n) is 3.96. The molecule has 1 atom stereocenters. The van der Waals surface area contributed by atoms with Crippen molar-refractivity contribution in [1.29, 1.82) is 5.41 Å². The van der Waals surface area contributed by atoms with Crippen LogP contribution in [0.2, 0.25) is 0 Å². The molecule has 4 N–H and O–H groups in total. The highest BCUT2D eigenvalue weighted by atomic mass is 19.1. The van der Waals surface area contributed by atoms with Crippen molar-refractivity contribution in [2.75, 3.05) is 25.1 Å². The molecule has 0 aliphatic carbocycles. The van der Waals surface area contributed by atoms with Crippen LogP contribution in [0.1, 0.15) is 45.7 Å². The van der Waals surface area contributed by atoms with Gasteiger partial charge in [0.2, 0.25) is 0 Å². The molecule has 2 aromatic carbocycles. The minimum Gasteiger partial charge on any atom is -0.489 e. The van der Waals surface area contributed by atoms with Gasteiger partial charge < -0.3 is 35.7 Å². The summed E-state index contributed by atoms with van der Waals surface area (Å²) in [4.78, 5) is 39.2. The molecule has 4 amide bonds. The summed E-state index contributed by atoms with van der Waals surface area (Å²) in [6.07, 6.45) is 1.56. The molecule has 3 rings (SSSR count). The van der Waals surface area contributed by atoms with Gasteiger partial charge in [-0.1, -0.05) is 17.9 Å². The fraction of sp³-hybridized carbons (Fsp3) is 0.375. The predicted molar refractivity (Wildman–Crippen MR) is 163 cm³/mol. The van der Waals surface area contributed by atoms with Crippen molar-refractivity contribution >= 4 is 29.9 Å². The van der Waals surface area contributed by atoms with Crippen LogP contribution in [-0.2, 0) is 16.0 Å². The number of alkyl carbamates (subject to hydrolysis) is 1. The Kier molecular flexibility index (Phi) is 10.7. The second-order valence-corrected chi connectivity index (χ2v) is 11.8. The number of nitrogens with zero attached hydrogens (tertiary/aromatic N) is 1. The largest absolute Gasteiger partial charge is 0.489 e. The summed E-state index contributed by atoms with van der Waals surface area (Å²) in [6.45, 7) is 9.22. The number of carbonyl (C=O) groups is 3. The van der Waals surface area contributed by atoms with Crippen LogP contribution in [0.3, 0.4) is 0 Å². The Balaban J connectivity index is 1.63. The van der Waals surface area contributed by atoms with Gasteiger partial charge in [0.05, 0.1) is 5.69 Å². The lowest BCUT2D eigenvalue weighted by Gasteiger charge is -2.23. The molecule has 0 bridgehead atoms. The van der Waals surface area contributed by atoms with E-state index in [1.807, 2.05) is 13.8 Å². The monoisotopic (exact) mass is 609 g/mol. The number of ether oxygens (including phenoxy) is 2. The molecule has 1 aliphatic rings. The Morgan fingerprint density at radius 3 is 2.55 bits per heavy atom. The fourth-order valence-corrected chi connectivity index (χ4v) is 3.96. The number of halogens is 2. The Morgan fingerprint density at radius 2 is 1.89 bits per heavy atom. The van der Waals surface area contributed by atoms with E-state index in [9.17, 15) is 23.2 Å². The topological polar surface area (TPSA) is 133 Å². The smallest absolute Gasteiger partial charge is 0.407 e. The van der Waals surface area contributed by atoms with Crippen molar-refractivity contribution in [3.05, 3.63) is 70.9 Å². The standard InChI is InChI=1S/C32H37F2N5O5/c1-31(2,3)44-30(42)37-19-32(4,5)12-11-20-7-10-27-26(14-20)39(6)28(40)25(18-43-27)38-29(41)36-17-21(16-35)13-22-8-9-23(33)15-24(22)34/h7-10,14-17,25,35H,13,18-19H2,1-6H3,(H,37,42)(H2,36,38,41)/b21-17-,35-16?. The van der Waals surface area contributed by atoms with E-state index in [-0.39, 0.29) is 30.7 Å². The number of urea groups is 1. The van der Waals surface area contributed by atoms with Crippen LogP contribution in [0.15, 0.2) is 48.2 Å². The summed E-state index contributed by atoms with van der Waals surface area (Å²) in [5, 5.41) is 15.3. The Hall–Kier alpha value is -4.92. The van der Waals surface area contributed by atoms with E-state index in [1.54, 1.807) is 46.0 Å². The number of hydrogen-bond acceptors (Lipinski definition) is 6. The van der Waals surface area contributed by atoms with Gasteiger partial charge in [0.1, 0.15) is 35.6 Å². The van der Waals surface area contributed by atoms with E-state index in [0.29, 0.717) is 17.0 Å². The molecule has 44 heavy (non-hydrogen) atoms. The number of fused-ring (bicyclic) bond motifs is 1. The van der Waals surface area contributed by atoms with Crippen molar-refractivity contribution < 1.29 is 32.6 Å². The van der Waals surface area contributed by atoms with Crippen molar-refractivity contribution in [3.63, 3.8) is 0 Å². The third kappa shape index (κ3) is 9.83. The average Bonchev–Trinajstić information content (AvgIpc) is 3.05. The second kappa shape index (κ2) is 14.0. The predicted octanol–water partition coefficient (Wildman–Crippen LogP) is 4.67. The Labute approximate surface area is 255 Å². The maximum absolute atomic E-state index is 14.0. The summed E-state index contributed by atoms with van der Waals surface area (Å²) in [5.41, 5.74) is 0.285. The first-order chi connectivity index (χ1) is 20.6. The third-order valence-corrected chi connectivity index (χ3v) is 6.26. The van der Waals surface area contributed by atoms with Gasteiger partial charge in [-0.05, 0) is 70.0 Å². The molecule has 2 aromatic rings. The zero-order valence-electron chi connectivity index (χ0n) is 25.6. The lowest BCUT2D eigenvalue weighted by atomic mass is 9.94. The van der Waals surface area contributed by atoms with Crippen LogP contribution >= 0.6 is 0 Å². The number of carbonyl (C=O) groups excluding carboxylic acids is 3. The number of amides is 4. The quantitative estimate of drug-likeness (QED) is 0.268. The number of allylic oxidation sites excluding steroid dienone is 1. The first-order valence-electron chi connectivity index (χ1n) is 13.8. The second-order valence-electron chi connectivity index (χ2n) is 11.8. The first-order valence-corrected chi connectivity index (χ1v) is 13.8. The summed E-state index contributed by atoms with van der Waals surface area (Å²) < 4.78 is 38.2. The van der Waals surface area contributed by atoms with Crippen molar-refractivity contribution in [1.82, 2.24) is 16.0 Å². The van der Waals surface area contributed by atoms with Crippen LogP contribution in [0.25, 0.3) is 0 Å². The van der Waals surface area contributed by atoms with Crippen LogP contribution in [0.5, 0.6) is 5.75 Å². The molecule has 0 spiro atoms. The van der Waals surface area contributed by atoms with Crippen LogP contribution in [0.4, 0.5) is 24.1 Å². The van der Waals surface area contributed by atoms with E-state index in [0.717, 1.165) is 18.3 Å². The molecule has 1 heterocycles. The molecule has 234 valence electrons. The highest BCUT2D eigenvalue weighted by molar-refractivity contribution is 6.00. The van der Waals surface area contributed by atoms with Gasteiger partial charge in [-0.3, -0.25) is 4.79 Å². The summed E-state index contributed by atoms with van der Waals surface area (Å²) >= 11 is 0. The van der Waals surface area contributed by atoms with E-state index in [1.165, 1.54) is 17.2 Å². The van der Waals surface area contributed by atoms with Crippen molar-refractivity contribution in [2.24, 2.45) is 5.41 Å². The molecular weight excluding hydrogens is 572 g/mol. The number of nitrogens with one attached hydrogen (secondary N) is 4. The number of anilines is 1. The molecule has 0 saturated heterocycles. The summed E-state index contributed by atoms with van der Waals surface area (Å²) in [5.74, 6) is 4.72. The summed E-state index contributed by atoms with van der Waals surface area (Å²) in [6, 6.07) is 6.47. The molecule has 0 saturated carbocycles. The maximum atomic E-state index is 14.0. The van der Waals surface area contributed by atoms with Crippen LogP contribution in [-0.4, -0.2) is 56.1 Å². The highest BCUT2D eigenvalue weighted by Gasteiger charge is 2.30. The maximum Gasteiger partial charge on any atom is 0.407 e. The Morgan fingerprint density at radius 1 is 1.16 bits per heavy atom. The molecule has 12 heteroatoms. The van der Waals surface area contributed by atoms with Gasteiger partial charge in [0, 0.05) is 49.5 Å². The number of rotatable bonds is 7. The first kappa shape index (κ1) is 33.6. The number of benzene rings is 2. The van der Waals surface area contributed by atoms with Gasteiger partial charge in [0.25, 0.3) is 5.91 Å². The minimum absolute atomic E-state index is 0.0535. The van der Waals surface area contributed by atoms with Gasteiger partial charge in [-0.15, -0.1) is 0 Å². The number of hydrogen-bond donors (Lipinski definition) is 4. The SMILES string of the molecule is CN1C(=O)C(NC(=O)N/C=C(\C=N)Cc2ccc(F)cc2F)COc2ccc(C#CC(C)(C)CNC(=O)OC(C)(C)C)cc21. The molecule has 1 aliphatic heterocycles. The molecule has 10 nitrogen and oxygen atoms in total. The van der Waals surface area contributed by atoms with Crippen LogP contribution in [0, 0.1) is 34.3 Å². The summed E-state index contributed by atoms with van der Waals surface area (Å²) in [7, 11) is 1.55. The zero-order valence-corrected chi connectivity index (χ0v) is 25.6. The lowest BCUT2D eigenvalue weighted by molar-refractivity contribution is -0.120. The molecule has 0 aromatic heterocycles. The molecule has 1 unspecified atom stereocenters. The highest BCUT2D eigenvalue weighted by Crippen LogP contribution is 2.31. The minimum atomic E-state index is -1.04. The van der Waals surface area contributed by atoms with Crippen LogP contribution < -0.4 is 25.6 Å². The van der Waals surface area contributed by atoms with E-state index < -0.39 is 46.7 Å². The lowest BCUT2D eigenvalue weighted by Crippen LogP contribution is -2.51. The van der Waals surface area contributed by atoms with Gasteiger partial charge in [0.15, 0.2) is 0 Å². The molecule has 0 fully saturated rings. The van der Waals surface area contributed by atoms with Gasteiger partial charge in [-0.2, -0.15) is 0 Å². The molecular formula is C32H37F2N5O5. The van der Waals surface area contributed by atoms with E-state index >= 15 is 0 Å².